The Hall–Kier alpha value is -1.69. The second-order valence-corrected chi connectivity index (χ2v) is 5.99. The van der Waals surface area contributed by atoms with E-state index in [0.29, 0.717) is 12.1 Å². The summed E-state index contributed by atoms with van der Waals surface area (Å²) in [4.78, 5) is 4.07. The minimum Gasteiger partial charge on any atom is -0.336 e. The molecule has 1 unspecified atom stereocenters. The summed E-state index contributed by atoms with van der Waals surface area (Å²) in [5.74, 6) is 1.05. The third-order valence-electron chi connectivity index (χ3n) is 4.27. The Kier molecular flexibility index (Phi) is 4.65. The zero-order valence-electron chi connectivity index (χ0n) is 12.6. The van der Waals surface area contributed by atoms with E-state index in [9.17, 15) is 0 Å². The number of hydrogen-bond acceptors (Lipinski definition) is 4. The van der Waals surface area contributed by atoms with Crippen molar-refractivity contribution in [3.05, 3.63) is 30.9 Å². The van der Waals surface area contributed by atoms with Gasteiger partial charge in [-0.2, -0.15) is 0 Å². The van der Waals surface area contributed by atoms with Crippen molar-refractivity contribution in [3.8, 4) is 0 Å². The lowest BCUT2D eigenvalue weighted by molar-refractivity contribution is 0.340. The molecule has 1 aliphatic rings. The van der Waals surface area contributed by atoms with E-state index in [-0.39, 0.29) is 0 Å². The number of rotatable bonds is 6. The van der Waals surface area contributed by atoms with Crippen LogP contribution in [0.1, 0.15) is 50.9 Å². The first-order chi connectivity index (χ1) is 10.3. The molecule has 0 saturated heterocycles. The Morgan fingerprint density at radius 1 is 1.29 bits per heavy atom. The lowest BCUT2D eigenvalue weighted by Gasteiger charge is -2.24. The lowest BCUT2D eigenvalue weighted by Crippen LogP contribution is -2.31. The number of nitrogens with one attached hydrogen (secondary N) is 1. The molecule has 0 aromatic carbocycles. The molecule has 0 bridgehead atoms. The average molecular weight is 288 g/mol. The normalized spacial score (nSPS) is 18.0. The van der Waals surface area contributed by atoms with Crippen LogP contribution in [0, 0.1) is 0 Å². The van der Waals surface area contributed by atoms with Gasteiger partial charge in [0.25, 0.3) is 0 Å². The van der Waals surface area contributed by atoms with Crippen LogP contribution in [0.25, 0.3) is 0 Å². The van der Waals surface area contributed by atoms with Gasteiger partial charge in [0.2, 0.25) is 0 Å². The molecule has 1 atom stereocenters. The molecule has 1 aliphatic carbocycles. The van der Waals surface area contributed by atoms with Crippen LogP contribution in [-0.4, -0.2) is 30.4 Å². The molecule has 2 aromatic heterocycles. The zero-order chi connectivity index (χ0) is 14.5. The summed E-state index contributed by atoms with van der Waals surface area (Å²) in [5, 5.41) is 11.9. The molecule has 6 heteroatoms. The monoisotopic (exact) mass is 288 g/mol. The topological polar surface area (TPSA) is 60.6 Å². The highest BCUT2D eigenvalue weighted by atomic mass is 15.3. The van der Waals surface area contributed by atoms with Gasteiger partial charge in [-0.1, -0.05) is 19.3 Å². The summed E-state index contributed by atoms with van der Waals surface area (Å²) in [6, 6.07) is 0.963. The van der Waals surface area contributed by atoms with E-state index in [2.05, 4.69) is 36.6 Å². The fourth-order valence-electron chi connectivity index (χ4n) is 3.10. The van der Waals surface area contributed by atoms with E-state index >= 15 is 0 Å². The maximum absolute atomic E-state index is 4.29. The van der Waals surface area contributed by atoms with Crippen LogP contribution in [0.5, 0.6) is 0 Å². The number of nitrogens with zero attached hydrogens (tertiary/aromatic N) is 5. The van der Waals surface area contributed by atoms with Crippen LogP contribution < -0.4 is 5.32 Å². The summed E-state index contributed by atoms with van der Waals surface area (Å²) in [6.45, 7) is 3.87. The molecular formula is C15H24N6. The fourth-order valence-corrected chi connectivity index (χ4v) is 3.10. The predicted octanol–water partition coefficient (Wildman–Crippen LogP) is 2.16. The van der Waals surface area contributed by atoms with Gasteiger partial charge < -0.3 is 14.5 Å². The first kappa shape index (κ1) is 14.3. The van der Waals surface area contributed by atoms with E-state index in [1.807, 2.05) is 25.0 Å². The third-order valence-corrected chi connectivity index (χ3v) is 4.27. The average Bonchev–Trinajstić information content (AvgIpc) is 3.17. The van der Waals surface area contributed by atoms with Crippen molar-refractivity contribution in [2.24, 2.45) is 0 Å². The quantitative estimate of drug-likeness (QED) is 0.885. The maximum atomic E-state index is 4.29. The van der Waals surface area contributed by atoms with Crippen molar-refractivity contribution in [1.82, 2.24) is 29.6 Å². The van der Waals surface area contributed by atoms with Gasteiger partial charge in [0.15, 0.2) is 0 Å². The molecule has 2 heterocycles. The highest BCUT2D eigenvalue weighted by Crippen LogP contribution is 2.28. The summed E-state index contributed by atoms with van der Waals surface area (Å²) in [6.07, 6.45) is 14.1. The van der Waals surface area contributed by atoms with Gasteiger partial charge in [-0.3, -0.25) is 0 Å². The van der Waals surface area contributed by atoms with Gasteiger partial charge >= 0.3 is 0 Å². The number of aromatic nitrogens is 5. The smallest absolute Gasteiger partial charge is 0.147 e. The highest BCUT2D eigenvalue weighted by Gasteiger charge is 2.18. The SMILES string of the molecule is CC(Cn1ccnc1)NCc1nncn1C1CCCCC1. The molecule has 1 saturated carbocycles. The molecule has 1 N–H and O–H groups in total. The van der Waals surface area contributed by atoms with Crippen LogP contribution >= 0.6 is 0 Å². The minimum atomic E-state index is 0.371. The van der Waals surface area contributed by atoms with Crippen molar-refractivity contribution in [1.29, 1.82) is 0 Å². The summed E-state index contributed by atoms with van der Waals surface area (Å²) < 4.78 is 4.36. The van der Waals surface area contributed by atoms with Gasteiger partial charge in [-0.25, -0.2) is 4.98 Å². The van der Waals surface area contributed by atoms with E-state index in [4.69, 9.17) is 0 Å². The molecule has 21 heavy (non-hydrogen) atoms. The van der Waals surface area contributed by atoms with Crippen LogP contribution in [0.2, 0.25) is 0 Å². The summed E-state index contributed by atoms with van der Waals surface area (Å²) in [7, 11) is 0. The molecule has 6 nitrogen and oxygen atoms in total. The van der Waals surface area contributed by atoms with Crippen LogP contribution in [-0.2, 0) is 13.1 Å². The van der Waals surface area contributed by atoms with E-state index in [1.165, 1.54) is 32.1 Å². The van der Waals surface area contributed by atoms with Crippen LogP contribution in [0.3, 0.4) is 0 Å². The highest BCUT2D eigenvalue weighted by molar-refractivity contribution is 4.91. The first-order valence-corrected chi connectivity index (χ1v) is 7.90. The number of hydrogen-bond donors (Lipinski definition) is 1. The zero-order valence-corrected chi connectivity index (χ0v) is 12.6. The molecule has 114 valence electrons. The van der Waals surface area contributed by atoms with Gasteiger partial charge in [-0.05, 0) is 19.8 Å². The minimum absolute atomic E-state index is 0.371. The Morgan fingerprint density at radius 3 is 2.90 bits per heavy atom. The molecule has 1 fully saturated rings. The van der Waals surface area contributed by atoms with Crippen LogP contribution in [0.15, 0.2) is 25.0 Å². The molecule has 2 aromatic rings. The van der Waals surface area contributed by atoms with Gasteiger partial charge in [-0.15, -0.1) is 10.2 Å². The largest absolute Gasteiger partial charge is 0.336 e. The Balaban J connectivity index is 1.54. The van der Waals surface area contributed by atoms with Crippen molar-refractivity contribution >= 4 is 0 Å². The van der Waals surface area contributed by atoms with E-state index in [0.717, 1.165) is 18.9 Å². The Bertz CT molecular complexity index is 526. The van der Waals surface area contributed by atoms with Crippen molar-refractivity contribution in [3.63, 3.8) is 0 Å². The third kappa shape index (κ3) is 3.69. The molecular weight excluding hydrogens is 264 g/mol. The molecule has 0 amide bonds. The molecule has 0 spiro atoms. The Labute approximate surface area is 125 Å². The molecule has 3 rings (SSSR count). The number of imidazole rings is 1. The second kappa shape index (κ2) is 6.85. The first-order valence-electron chi connectivity index (χ1n) is 7.90. The molecule has 0 aliphatic heterocycles. The predicted molar refractivity (Wildman–Crippen MR) is 80.7 cm³/mol. The summed E-state index contributed by atoms with van der Waals surface area (Å²) in [5.41, 5.74) is 0. The van der Waals surface area contributed by atoms with E-state index in [1.54, 1.807) is 0 Å². The Morgan fingerprint density at radius 2 is 2.14 bits per heavy atom. The molecule has 0 radical (unpaired) electrons. The van der Waals surface area contributed by atoms with Crippen molar-refractivity contribution in [2.75, 3.05) is 0 Å². The van der Waals surface area contributed by atoms with Crippen molar-refractivity contribution < 1.29 is 0 Å². The van der Waals surface area contributed by atoms with Gasteiger partial charge in [0, 0.05) is 31.0 Å². The maximum Gasteiger partial charge on any atom is 0.147 e. The van der Waals surface area contributed by atoms with Crippen molar-refractivity contribution in [2.45, 2.75) is 64.2 Å². The van der Waals surface area contributed by atoms with Crippen LogP contribution in [0.4, 0.5) is 0 Å². The second-order valence-electron chi connectivity index (χ2n) is 5.99. The summed E-state index contributed by atoms with van der Waals surface area (Å²) >= 11 is 0. The fraction of sp³-hybridized carbons (Fsp3) is 0.667. The lowest BCUT2D eigenvalue weighted by atomic mass is 9.95. The van der Waals surface area contributed by atoms with Gasteiger partial charge in [0.05, 0.1) is 12.9 Å². The standard InChI is InChI=1S/C15H24N6/c1-13(10-20-8-7-16-11-20)17-9-15-19-18-12-21(15)14-5-3-2-4-6-14/h7-8,11-14,17H,2-6,9-10H2,1H3. The van der Waals surface area contributed by atoms with Gasteiger partial charge in [0.1, 0.15) is 12.2 Å². The van der Waals surface area contributed by atoms with E-state index < -0.39 is 0 Å².